The summed E-state index contributed by atoms with van der Waals surface area (Å²) in [5.74, 6) is 3.97. The van der Waals surface area contributed by atoms with Crippen LogP contribution in [0.5, 0.6) is 0 Å². The summed E-state index contributed by atoms with van der Waals surface area (Å²) in [4.78, 5) is 0. The van der Waals surface area contributed by atoms with E-state index in [2.05, 4.69) is 23.5 Å². The summed E-state index contributed by atoms with van der Waals surface area (Å²) < 4.78 is 1.92. The van der Waals surface area contributed by atoms with E-state index in [0.29, 0.717) is 0 Å². The van der Waals surface area contributed by atoms with Gasteiger partial charge in [0, 0.05) is 19.3 Å². The predicted octanol–water partition coefficient (Wildman–Crippen LogP) is 2.97. The number of nitrogens with zero attached hydrogens (tertiary/aromatic N) is 2. The quantitative estimate of drug-likeness (QED) is 0.868. The fourth-order valence-corrected chi connectivity index (χ4v) is 5.08. The number of hydrogen-bond acceptors (Lipinski definition) is 2. The zero-order chi connectivity index (χ0) is 12.3. The van der Waals surface area contributed by atoms with Crippen LogP contribution in [0.4, 0.5) is 5.69 Å². The van der Waals surface area contributed by atoms with Gasteiger partial charge in [-0.2, -0.15) is 5.10 Å². The normalized spacial score (nSPS) is 41.3. The first kappa shape index (κ1) is 10.9. The van der Waals surface area contributed by atoms with Crippen LogP contribution in [0.25, 0.3) is 0 Å². The topological polar surface area (TPSA) is 29.9 Å². The molecule has 0 aromatic carbocycles. The molecule has 0 spiro atoms. The lowest BCUT2D eigenvalue weighted by atomic mass is 9.54. The van der Waals surface area contributed by atoms with Crippen LogP contribution in [-0.4, -0.2) is 15.8 Å². The Morgan fingerprint density at radius 3 is 2.22 bits per heavy atom. The van der Waals surface area contributed by atoms with Crippen molar-refractivity contribution in [1.29, 1.82) is 0 Å². The van der Waals surface area contributed by atoms with Crippen molar-refractivity contribution in [2.24, 2.45) is 30.7 Å². The van der Waals surface area contributed by atoms with E-state index in [4.69, 9.17) is 0 Å². The summed E-state index contributed by atoms with van der Waals surface area (Å²) in [7, 11) is 2.01. The molecule has 3 nitrogen and oxygen atoms in total. The smallest absolute Gasteiger partial charge is 0.0825 e. The Morgan fingerprint density at radius 2 is 1.72 bits per heavy atom. The highest BCUT2D eigenvalue weighted by Gasteiger charge is 2.48. The fourth-order valence-electron chi connectivity index (χ4n) is 5.08. The van der Waals surface area contributed by atoms with Crippen molar-refractivity contribution in [2.75, 3.05) is 5.32 Å². The molecule has 0 aliphatic heterocycles. The lowest BCUT2D eigenvalue weighted by molar-refractivity contribution is 0.00752. The van der Waals surface area contributed by atoms with Gasteiger partial charge >= 0.3 is 0 Å². The Hall–Kier alpha value is -0.990. The van der Waals surface area contributed by atoms with Gasteiger partial charge in [0.15, 0.2) is 0 Å². The number of hydrogen-bond donors (Lipinski definition) is 1. The minimum absolute atomic E-state index is 0.723. The van der Waals surface area contributed by atoms with E-state index in [1.165, 1.54) is 37.8 Å². The van der Waals surface area contributed by atoms with Crippen LogP contribution in [0.3, 0.4) is 0 Å². The van der Waals surface area contributed by atoms with Gasteiger partial charge in [-0.1, -0.05) is 0 Å². The van der Waals surface area contributed by atoms with E-state index >= 15 is 0 Å². The van der Waals surface area contributed by atoms with Gasteiger partial charge in [0.2, 0.25) is 0 Å². The first-order valence-electron chi connectivity index (χ1n) is 7.46. The molecule has 1 N–H and O–H groups in total. The molecule has 0 unspecified atom stereocenters. The second-order valence-corrected chi connectivity index (χ2v) is 6.90. The van der Waals surface area contributed by atoms with Crippen molar-refractivity contribution in [3.8, 4) is 0 Å². The Morgan fingerprint density at radius 1 is 1.11 bits per heavy atom. The standard InChI is InChI=1S/C15H23N3/c1-9-14(8-18(2)17-9)16-15-12-4-10-3-11(6-12)7-13(15)5-10/h8,10-13,15-16H,3-7H2,1-2H3. The van der Waals surface area contributed by atoms with E-state index < -0.39 is 0 Å². The molecule has 4 fully saturated rings. The van der Waals surface area contributed by atoms with Crippen LogP contribution in [0.2, 0.25) is 0 Å². The first-order valence-corrected chi connectivity index (χ1v) is 7.46. The highest BCUT2D eigenvalue weighted by atomic mass is 15.3. The highest BCUT2D eigenvalue weighted by molar-refractivity contribution is 5.47. The van der Waals surface area contributed by atoms with Gasteiger partial charge in [-0.15, -0.1) is 0 Å². The highest BCUT2D eigenvalue weighted by Crippen LogP contribution is 2.54. The summed E-state index contributed by atoms with van der Waals surface area (Å²) in [6.45, 7) is 2.11. The Balaban J connectivity index is 1.57. The molecular weight excluding hydrogens is 222 g/mol. The third-order valence-corrected chi connectivity index (χ3v) is 5.56. The molecule has 1 aromatic heterocycles. The molecule has 0 amide bonds. The lowest BCUT2D eigenvalue weighted by Gasteiger charge is -2.54. The molecule has 0 atom stereocenters. The average Bonchev–Trinajstić information content (AvgIpc) is 2.61. The first-order chi connectivity index (χ1) is 8.69. The third kappa shape index (κ3) is 1.59. The Bertz CT molecular complexity index is 434. The maximum Gasteiger partial charge on any atom is 0.0825 e. The molecule has 18 heavy (non-hydrogen) atoms. The maximum absolute atomic E-state index is 4.45. The number of rotatable bonds is 2. The summed E-state index contributed by atoms with van der Waals surface area (Å²) in [6, 6.07) is 0.723. The average molecular weight is 245 g/mol. The molecule has 1 aromatic rings. The van der Waals surface area contributed by atoms with E-state index in [1.807, 2.05) is 11.7 Å². The minimum Gasteiger partial charge on any atom is -0.379 e. The third-order valence-electron chi connectivity index (χ3n) is 5.56. The molecule has 4 aliphatic carbocycles. The van der Waals surface area contributed by atoms with Gasteiger partial charge in [0.1, 0.15) is 0 Å². The van der Waals surface area contributed by atoms with Gasteiger partial charge < -0.3 is 5.32 Å². The van der Waals surface area contributed by atoms with E-state index in [-0.39, 0.29) is 0 Å². The zero-order valence-corrected chi connectivity index (χ0v) is 11.4. The molecule has 1 heterocycles. The van der Waals surface area contributed by atoms with Crippen LogP contribution in [-0.2, 0) is 7.05 Å². The number of aromatic nitrogens is 2. The molecule has 4 saturated carbocycles. The summed E-state index contributed by atoms with van der Waals surface area (Å²) in [5, 5.41) is 8.28. The minimum atomic E-state index is 0.723. The largest absolute Gasteiger partial charge is 0.379 e. The maximum atomic E-state index is 4.45. The molecule has 98 valence electrons. The van der Waals surface area contributed by atoms with Crippen molar-refractivity contribution in [2.45, 2.75) is 45.1 Å². The van der Waals surface area contributed by atoms with Crippen molar-refractivity contribution in [1.82, 2.24) is 9.78 Å². The predicted molar refractivity (Wildman–Crippen MR) is 72.4 cm³/mol. The second kappa shape index (κ2) is 3.75. The Labute approximate surface area is 109 Å². The Kier molecular flexibility index (Phi) is 2.27. The molecule has 3 heteroatoms. The summed E-state index contributed by atoms with van der Waals surface area (Å²) in [5.41, 5.74) is 2.40. The van der Waals surface area contributed by atoms with E-state index in [9.17, 15) is 0 Å². The van der Waals surface area contributed by atoms with Gasteiger partial charge in [-0.25, -0.2) is 0 Å². The van der Waals surface area contributed by atoms with E-state index in [1.54, 1.807) is 0 Å². The van der Waals surface area contributed by atoms with Crippen LogP contribution < -0.4 is 5.32 Å². The molecular formula is C15H23N3. The van der Waals surface area contributed by atoms with Crippen molar-refractivity contribution >= 4 is 5.69 Å². The van der Waals surface area contributed by atoms with Crippen molar-refractivity contribution in [3.05, 3.63) is 11.9 Å². The van der Waals surface area contributed by atoms with Gasteiger partial charge in [0.25, 0.3) is 0 Å². The van der Waals surface area contributed by atoms with E-state index in [0.717, 1.165) is 35.4 Å². The SMILES string of the molecule is Cc1nn(C)cc1NC1C2CC3CC(C2)CC1C3. The number of anilines is 1. The zero-order valence-electron chi connectivity index (χ0n) is 11.4. The fraction of sp³-hybridized carbons (Fsp3) is 0.800. The van der Waals surface area contributed by atoms with Gasteiger partial charge in [0.05, 0.1) is 11.4 Å². The number of aryl methyl sites for hydroxylation is 2. The molecule has 0 saturated heterocycles. The lowest BCUT2D eigenvalue weighted by Crippen LogP contribution is -2.51. The number of nitrogens with one attached hydrogen (secondary N) is 1. The monoisotopic (exact) mass is 245 g/mol. The van der Waals surface area contributed by atoms with Crippen LogP contribution >= 0.6 is 0 Å². The van der Waals surface area contributed by atoms with Gasteiger partial charge in [-0.05, 0) is 62.7 Å². The molecule has 0 radical (unpaired) electrons. The summed E-state index contributed by atoms with van der Waals surface area (Å²) in [6.07, 6.45) is 9.58. The van der Waals surface area contributed by atoms with Crippen molar-refractivity contribution in [3.63, 3.8) is 0 Å². The molecule has 4 aliphatic rings. The van der Waals surface area contributed by atoms with Crippen molar-refractivity contribution < 1.29 is 0 Å². The summed E-state index contributed by atoms with van der Waals surface area (Å²) >= 11 is 0. The van der Waals surface area contributed by atoms with Crippen LogP contribution in [0.15, 0.2) is 6.20 Å². The molecule has 5 rings (SSSR count). The van der Waals surface area contributed by atoms with Crippen LogP contribution in [0.1, 0.15) is 37.8 Å². The van der Waals surface area contributed by atoms with Crippen LogP contribution in [0, 0.1) is 30.6 Å². The molecule has 4 bridgehead atoms. The van der Waals surface area contributed by atoms with Gasteiger partial charge in [-0.3, -0.25) is 4.68 Å². The second-order valence-electron chi connectivity index (χ2n) is 6.90.